The smallest absolute Gasteiger partial charge is 0.410 e. The summed E-state index contributed by atoms with van der Waals surface area (Å²) in [6.07, 6.45) is 9.01. The van der Waals surface area contributed by atoms with Crippen molar-refractivity contribution in [3.8, 4) is 11.5 Å². The Kier molecular flexibility index (Phi) is 21.5. The number of amides is 3. The quantitative estimate of drug-likeness (QED) is 0.133. The predicted octanol–water partition coefficient (Wildman–Crippen LogP) is 9.92. The number of Topliss-reactive ketones (excluding diaryl/α,β-unsaturated/α-hetero) is 2. The van der Waals surface area contributed by atoms with Crippen LogP contribution in [0.2, 0.25) is 0 Å². The molecule has 10 heteroatoms. The van der Waals surface area contributed by atoms with Crippen molar-refractivity contribution < 1.29 is 38.2 Å². The van der Waals surface area contributed by atoms with Crippen LogP contribution in [-0.4, -0.2) is 60.7 Å². The van der Waals surface area contributed by atoms with Crippen LogP contribution in [0, 0.1) is 24.7 Å². The number of ether oxygens (including phenoxy) is 3. The lowest BCUT2D eigenvalue weighted by atomic mass is 9.85. The number of nitrogens with one attached hydrogen (secondary N) is 1. The number of hydrogen-bond acceptors (Lipinski definition) is 8. The van der Waals surface area contributed by atoms with Gasteiger partial charge in [0.15, 0.2) is 11.6 Å². The van der Waals surface area contributed by atoms with Gasteiger partial charge in [-0.05, 0) is 90.3 Å². The first-order chi connectivity index (χ1) is 25.4. The number of nitrogens with zero attached hydrogens (tertiary/aromatic N) is 1. The number of ketones is 2. The first-order valence-electron chi connectivity index (χ1n) is 19.6. The van der Waals surface area contributed by atoms with Crippen LogP contribution in [0.25, 0.3) is 0 Å². The van der Waals surface area contributed by atoms with Gasteiger partial charge in [0.1, 0.15) is 17.1 Å². The highest BCUT2D eigenvalue weighted by Gasteiger charge is 2.30. The van der Waals surface area contributed by atoms with Gasteiger partial charge in [-0.15, -0.1) is 0 Å². The average molecular weight is 753 g/mol. The maximum absolute atomic E-state index is 12.8. The Hall–Kier alpha value is -4.21. The molecule has 0 spiro atoms. The van der Waals surface area contributed by atoms with Gasteiger partial charge in [0.25, 0.3) is 0 Å². The number of methoxy groups -OCH3 is 2. The number of carbonyl (C=O) groups excluding carboxylic acids is 5. The molecule has 3 amide bonds. The van der Waals surface area contributed by atoms with Crippen molar-refractivity contribution in [2.75, 3.05) is 20.8 Å². The molecule has 302 valence electrons. The normalized spacial score (nSPS) is 14.9. The molecule has 3 rings (SSSR count). The van der Waals surface area contributed by atoms with Crippen LogP contribution in [0.5, 0.6) is 11.5 Å². The molecule has 1 aliphatic rings. The fourth-order valence-electron chi connectivity index (χ4n) is 6.33. The minimum absolute atomic E-state index is 0.0488. The third-order valence-electron chi connectivity index (χ3n) is 9.71. The average Bonchev–Trinajstić information content (AvgIpc) is 3.11. The summed E-state index contributed by atoms with van der Waals surface area (Å²) >= 11 is 0. The summed E-state index contributed by atoms with van der Waals surface area (Å²) < 4.78 is 16.5. The van der Waals surface area contributed by atoms with E-state index < -0.39 is 5.60 Å². The molecule has 3 atom stereocenters. The first-order valence-corrected chi connectivity index (χ1v) is 19.6. The Morgan fingerprint density at radius 3 is 2.09 bits per heavy atom. The second-order valence-electron chi connectivity index (χ2n) is 15.2. The highest BCUT2D eigenvalue weighted by Crippen LogP contribution is 2.27. The van der Waals surface area contributed by atoms with E-state index in [0.29, 0.717) is 42.3 Å². The molecule has 1 fully saturated rings. The minimum Gasteiger partial charge on any atom is -0.497 e. The van der Waals surface area contributed by atoms with Gasteiger partial charge < -0.3 is 19.1 Å². The molecule has 2 aromatic carbocycles. The Morgan fingerprint density at radius 2 is 1.59 bits per heavy atom. The Bertz CT molecular complexity index is 1510. The maximum atomic E-state index is 12.8. The Morgan fingerprint density at radius 1 is 0.926 bits per heavy atom. The maximum Gasteiger partial charge on any atom is 0.410 e. The third-order valence-corrected chi connectivity index (χ3v) is 9.71. The number of unbranched alkanes of at least 4 members (excludes halogenated alkanes) is 1. The molecule has 3 unspecified atom stereocenters. The largest absolute Gasteiger partial charge is 0.497 e. The predicted molar refractivity (Wildman–Crippen MR) is 215 cm³/mol. The molecule has 1 aliphatic heterocycles. The van der Waals surface area contributed by atoms with Gasteiger partial charge in [-0.3, -0.25) is 24.5 Å². The van der Waals surface area contributed by atoms with Gasteiger partial charge in [0, 0.05) is 41.6 Å². The number of carbonyl (C=O) groups is 5. The second-order valence-corrected chi connectivity index (χ2v) is 15.2. The van der Waals surface area contributed by atoms with Crippen LogP contribution in [0.3, 0.4) is 0 Å². The molecule has 1 heterocycles. The van der Waals surface area contributed by atoms with Crippen molar-refractivity contribution in [3.05, 3.63) is 58.7 Å². The molecule has 0 aliphatic carbocycles. The number of rotatable bonds is 16. The summed E-state index contributed by atoms with van der Waals surface area (Å²) in [7, 11) is 3.26. The third kappa shape index (κ3) is 16.9. The summed E-state index contributed by atoms with van der Waals surface area (Å²) in [5.41, 5.74) is 2.35. The fraction of sp³-hybridized carbons (Fsp3) is 0.614. The van der Waals surface area contributed by atoms with Crippen molar-refractivity contribution in [1.29, 1.82) is 0 Å². The zero-order valence-corrected chi connectivity index (χ0v) is 35.2. The Labute approximate surface area is 325 Å². The molecule has 1 saturated heterocycles. The molecular weight excluding hydrogens is 684 g/mol. The summed E-state index contributed by atoms with van der Waals surface area (Å²) in [5.74, 6) is 2.29. The topological polar surface area (TPSA) is 128 Å². The summed E-state index contributed by atoms with van der Waals surface area (Å²) in [6, 6.07) is 11.0. The molecule has 0 bridgehead atoms. The van der Waals surface area contributed by atoms with E-state index in [4.69, 9.17) is 14.2 Å². The van der Waals surface area contributed by atoms with E-state index in [1.807, 2.05) is 52.0 Å². The highest BCUT2D eigenvalue weighted by atomic mass is 16.6. The number of piperidine rings is 1. The Balaban J connectivity index is 0.000000476. The minimum atomic E-state index is -0.521. The van der Waals surface area contributed by atoms with E-state index in [0.717, 1.165) is 48.5 Å². The van der Waals surface area contributed by atoms with E-state index in [2.05, 4.69) is 33.0 Å². The van der Waals surface area contributed by atoms with E-state index in [-0.39, 0.29) is 35.4 Å². The van der Waals surface area contributed by atoms with E-state index in [9.17, 15) is 24.0 Å². The lowest BCUT2D eigenvalue weighted by Gasteiger charge is -2.28. The van der Waals surface area contributed by atoms with Gasteiger partial charge in [-0.1, -0.05) is 78.0 Å². The number of aryl methyl sites for hydroxylation is 1. The zero-order valence-electron chi connectivity index (χ0n) is 35.2. The van der Waals surface area contributed by atoms with Crippen molar-refractivity contribution in [2.24, 2.45) is 17.8 Å². The first kappa shape index (κ1) is 47.8. The van der Waals surface area contributed by atoms with Crippen LogP contribution in [0.4, 0.5) is 4.79 Å². The zero-order chi connectivity index (χ0) is 41.0. The van der Waals surface area contributed by atoms with Crippen molar-refractivity contribution in [2.45, 2.75) is 139 Å². The molecule has 0 saturated carbocycles. The SMILES string of the molecule is CC(=O)c1cccc(C)c1C(C)=O.CCC(C)C1CCC(=O)NC1=O.CCCCC(CC)CCCN(Cc1ccc(OC)cc1OC)C(=O)OC(C)(C)C. The number of hydrogen-bond donors (Lipinski definition) is 1. The van der Waals surface area contributed by atoms with Crippen LogP contribution in [-0.2, 0) is 20.9 Å². The van der Waals surface area contributed by atoms with E-state index >= 15 is 0 Å². The lowest BCUT2D eigenvalue weighted by Crippen LogP contribution is -2.42. The molecule has 10 nitrogen and oxygen atoms in total. The molecule has 54 heavy (non-hydrogen) atoms. The molecule has 2 aromatic rings. The summed E-state index contributed by atoms with van der Waals surface area (Å²) in [6.45, 7) is 20.2. The van der Waals surface area contributed by atoms with Gasteiger partial charge in [0.05, 0.1) is 20.8 Å². The van der Waals surface area contributed by atoms with E-state index in [1.165, 1.54) is 39.5 Å². The monoisotopic (exact) mass is 752 g/mol. The van der Waals surface area contributed by atoms with Crippen LogP contribution >= 0.6 is 0 Å². The molecule has 0 aromatic heterocycles. The van der Waals surface area contributed by atoms with Crippen molar-refractivity contribution in [1.82, 2.24) is 10.2 Å². The van der Waals surface area contributed by atoms with Gasteiger partial charge >= 0.3 is 6.09 Å². The lowest BCUT2D eigenvalue weighted by molar-refractivity contribution is -0.137. The van der Waals surface area contributed by atoms with Gasteiger partial charge in [-0.25, -0.2) is 4.79 Å². The molecular formula is C44H68N2O8. The van der Waals surface area contributed by atoms with Crippen LogP contribution < -0.4 is 14.8 Å². The summed E-state index contributed by atoms with van der Waals surface area (Å²) in [4.78, 5) is 59.1. The molecule has 0 radical (unpaired) electrons. The van der Waals surface area contributed by atoms with Crippen molar-refractivity contribution in [3.63, 3.8) is 0 Å². The highest BCUT2D eigenvalue weighted by molar-refractivity contribution is 6.08. The second kappa shape index (κ2) is 24.2. The van der Waals surface area contributed by atoms with Gasteiger partial charge in [0.2, 0.25) is 11.8 Å². The standard InChI is InChI=1S/C24H41NO4.C11H12O2.C9H15NO2/c1-8-10-12-19(9-2)13-11-16-25(23(26)29-24(3,4)5)18-20-14-15-21(27-6)17-22(20)28-7;1-7-5-4-6-10(8(2)12)11(7)9(3)13;1-3-6(2)7-4-5-8(11)10-9(7)12/h14-15,17,19H,8-13,16,18H2,1-7H3;4-6H,1-3H3;6-7H,3-5H2,1-2H3,(H,10,11,12). The summed E-state index contributed by atoms with van der Waals surface area (Å²) in [5, 5.41) is 2.37. The van der Waals surface area contributed by atoms with E-state index in [1.54, 1.807) is 31.3 Å². The van der Waals surface area contributed by atoms with Crippen molar-refractivity contribution >= 4 is 29.5 Å². The van der Waals surface area contributed by atoms with Gasteiger partial charge in [-0.2, -0.15) is 0 Å². The molecule has 1 N–H and O–H groups in total. The number of benzene rings is 2. The number of imide groups is 1. The fourth-order valence-corrected chi connectivity index (χ4v) is 6.33. The van der Waals surface area contributed by atoms with Crippen LogP contribution in [0.1, 0.15) is 152 Å². The van der Waals surface area contributed by atoms with Crippen LogP contribution in [0.15, 0.2) is 36.4 Å².